The zero-order valence-corrected chi connectivity index (χ0v) is 22.9. The molecule has 1 unspecified atom stereocenters. The molecule has 0 aromatic heterocycles. The summed E-state index contributed by atoms with van der Waals surface area (Å²) in [5, 5.41) is 21.3. The average molecular weight is 580 g/mol. The van der Waals surface area contributed by atoms with Crippen molar-refractivity contribution < 1.29 is 28.6 Å². The molecule has 6 rings (SSSR count). The second-order valence-electron chi connectivity index (χ2n) is 10.8. The van der Waals surface area contributed by atoms with Crippen LogP contribution in [-0.2, 0) is 14.3 Å². The summed E-state index contributed by atoms with van der Waals surface area (Å²) in [5.41, 5.74) is -0.336. The van der Waals surface area contributed by atoms with Gasteiger partial charge in [0.05, 0.1) is 35.9 Å². The van der Waals surface area contributed by atoms with Gasteiger partial charge in [0.25, 0.3) is 5.91 Å². The normalized spacial score (nSPS) is 26.9. The Labute approximate surface area is 236 Å². The van der Waals surface area contributed by atoms with Gasteiger partial charge in [-0.2, -0.15) is 0 Å². The maximum Gasteiger partial charge on any atom is 0.258 e. The van der Waals surface area contributed by atoms with Crippen LogP contribution >= 0.6 is 23.2 Å². The van der Waals surface area contributed by atoms with E-state index in [4.69, 9.17) is 32.7 Å². The lowest BCUT2D eigenvalue weighted by Crippen LogP contribution is -2.70. The molecule has 2 amide bonds. The van der Waals surface area contributed by atoms with E-state index in [0.29, 0.717) is 50.3 Å². The van der Waals surface area contributed by atoms with Gasteiger partial charge in [0.1, 0.15) is 11.6 Å². The summed E-state index contributed by atoms with van der Waals surface area (Å²) in [6.45, 7) is 0.900. The van der Waals surface area contributed by atoms with Gasteiger partial charge in [-0.1, -0.05) is 35.3 Å². The van der Waals surface area contributed by atoms with Crippen molar-refractivity contribution in [3.8, 4) is 5.75 Å². The predicted molar refractivity (Wildman–Crippen MR) is 144 cm³/mol. The zero-order valence-electron chi connectivity index (χ0n) is 21.4. The molecule has 4 aliphatic rings. The Morgan fingerprint density at radius 3 is 2.38 bits per heavy atom. The van der Waals surface area contributed by atoms with Gasteiger partial charge in [-0.25, -0.2) is 4.39 Å². The number of nitrogens with one attached hydrogen (secondary N) is 3. The third kappa shape index (κ3) is 6.49. The summed E-state index contributed by atoms with van der Waals surface area (Å²) in [4.78, 5) is 25.9. The molecule has 2 bridgehead atoms. The largest absolute Gasteiger partial charge is 0.484 e. The Bertz CT molecular complexity index is 1200. The number of hydrogen-bond acceptors (Lipinski definition) is 6. The number of hydrogen-bond donors (Lipinski definition) is 4. The molecule has 8 nitrogen and oxygen atoms in total. The molecule has 3 aliphatic carbocycles. The van der Waals surface area contributed by atoms with Gasteiger partial charge in [-0.15, -0.1) is 0 Å². The average Bonchev–Trinajstić information content (AvgIpc) is 2.87. The minimum Gasteiger partial charge on any atom is -0.484 e. The number of aliphatic hydroxyl groups excluding tert-OH is 1. The van der Waals surface area contributed by atoms with Gasteiger partial charge < -0.3 is 30.5 Å². The van der Waals surface area contributed by atoms with Crippen LogP contribution in [0.4, 0.5) is 4.39 Å². The quantitative estimate of drug-likeness (QED) is 0.342. The highest BCUT2D eigenvalue weighted by Gasteiger charge is 2.55. The van der Waals surface area contributed by atoms with Crippen LogP contribution in [0.2, 0.25) is 10.0 Å². The van der Waals surface area contributed by atoms with Gasteiger partial charge in [-0.05, 0) is 61.9 Å². The summed E-state index contributed by atoms with van der Waals surface area (Å²) in [6.07, 6.45) is 2.07. The highest BCUT2D eigenvalue weighted by Crippen LogP contribution is 2.47. The highest BCUT2D eigenvalue weighted by atomic mass is 35.5. The lowest BCUT2D eigenvalue weighted by molar-refractivity contribution is -0.136. The van der Waals surface area contributed by atoms with Crippen molar-refractivity contribution in [1.82, 2.24) is 16.0 Å². The molecular formula is C28H32Cl2FN3O5. The molecular weight excluding hydrogens is 548 g/mol. The summed E-state index contributed by atoms with van der Waals surface area (Å²) in [7, 11) is 0. The van der Waals surface area contributed by atoms with Crippen molar-refractivity contribution in [2.75, 3.05) is 19.8 Å². The van der Waals surface area contributed by atoms with Crippen LogP contribution in [0, 0.1) is 5.82 Å². The number of aliphatic hydroxyl groups is 1. The number of carbonyl (C=O) groups is 2. The Hall–Kier alpha value is -2.43. The number of ether oxygens (including phenoxy) is 2. The number of amides is 2. The first kappa shape index (κ1) is 28.1. The van der Waals surface area contributed by atoms with Gasteiger partial charge in [0.15, 0.2) is 6.61 Å². The first-order chi connectivity index (χ1) is 18.7. The first-order valence-electron chi connectivity index (χ1n) is 13.1. The Kier molecular flexibility index (Phi) is 8.35. The van der Waals surface area contributed by atoms with E-state index < -0.39 is 28.9 Å². The van der Waals surface area contributed by atoms with E-state index in [0.717, 1.165) is 11.6 Å². The standard InChI is InChI=1S/C28H32Cl2FN3O5/c29-18-3-1-17(2-4-18)23(32-19-14-38-15-19)12-25(36)33-27-7-9-28(10-8-27,24(35)13-27)34-26(37)16-39-20-5-6-21(30)22(31)11-20/h1-6,11,19,23-24,32,35H,7-10,12-16H2,(H,33,36)(H,34,37)/t23?,24-,27?,28?/m0/s1. The van der Waals surface area contributed by atoms with E-state index in [1.54, 1.807) is 0 Å². The number of benzene rings is 2. The second-order valence-corrected chi connectivity index (χ2v) is 11.7. The van der Waals surface area contributed by atoms with Crippen molar-refractivity contribution >= 4 is 35.0 Å². The first-order valence-corrected chi connectivity index (χ1v) is 13.9. The molecule has 2 aromatic rings. The number of fused-ring (bicyclic) bond motifs is 3. The number of halogens is 3. The van der Waals surface area contributed by atoms with E-state index in [1.807, 2.05) is 24.3 Å². The maximum absolute atomic E-state index is 13.6. The van der Waals surface area contributed by atoms with Crippen LogP contribution in [0.25, 0.3) is 0 Å². The van der Waals surface area contributed by atoms with Crippen molar-refractivity contribution in [3.63, 3.8) is 0 Å². The molecule has 0 spiro atoms. The van der Waals surface area contributed by atoms with Crippen LogP contribution in [0.5, 0.6) is 5.75 Å². The lowest BCUT2D eigenvalue weighted by atomic mass is 9.60. The van der Waals surface area contributed by atoms with Gasteiger partial charge in [0, 0.05) is 29.1 Å². The topological polar surface area (TPSA) is 109 Å². The van der Waals surface area contributed by atoms with E-state index in [-0.39, 0.29) is 41.8 Å². The van der Waals surface area contributed by atoms with E-state index in [2.05, 4.69) is 16.0 Å². The maximum atomic E-state index is 13.6. The van der Waals surface area contributed by atoms with Crippen molar-refractivity contribution in [2.24, 2.45) is 0 Å². The van der Waals surface area contributed by atoms with E-state index in [9.17, 15) is 19.1 Å². The third-order valence-corrected chi connectivity index (χ3v) is 8.67. The summed E-state index contributed by atoms with van der Waals surface area (Å²) in [6, 6.07) is 11.4. The monoisotopic (exact) mass is 579 g/mol. The lowest BCUT2D eigenvalue weighted by Gasteiger charge is -2.56. The van der Waals surface area contributed by atoms with Crippen LogP contribution in [0.3, 0.4) is 0 Å². The minimum atomic E-state index is -0.825. The molecule has 4 N–H and O–H groups in total. The second kappa shape index (κ2) is 11.6. The molecule has 1 aliphatic heterocycles. The minimum absolute atomic E-state index is 0.0291. The van der Waals surface area contributed by atoms with Crippen LogP contribution in [0.15, 0.2) is 42.5 Å². The molecule has 1 heterocycles. The number of carbonyl (C=O) groups excluding carboxylic acids is 2. The summed E-state index contributed by atoms with van der Waals surface area (Å²) in [5.74, 6) is -0.944. The summed E-state index contributed by atoms with van der Waals surface area (Å²) >= 11 is 11.7. The highest BCUT2D eigenvalue weighted by molar-refractivity contribution is 6.30. The fraction of sp³-hybridized carbons (Fsp3) is 0.500. The molecule has 4 fully saturated rings. The molecule has 0 radical (unpaired) electrons. The van der Waals surface area contributed by atoms with Crippen LogP contribution < -0.4 is 20.7 Å². The molecule has 210 valence electrons. The molecule has 39 heavy (non-hydrogen) atoms. The van der Waals surface area contributed by atoms with E-state index in [1.165, 1.54) is 12.1 Å². The Balaban J connectivity index is 1.16. The van der Waals surface area contributed by atoms with Crippen LogP contribution in [0.1, 0.15) is 50.1 Å². The van der Waals surface area contributed by atoms with Crippen molar-refractivity contribution in [3.05, 3.63) is 63.9 Å². The van der Waals surface area contributed by atoms with Gasteiger partial charge in [0.2, 0.25) is 5.91 Å². The Morgan fingerprint density at radius 1 is 1.05 bits per heavy atom. The smallest absolute Gasteiger partial charge is 0.258 e. The van der Waals surface area contributed by atoms with Gasteiger partial charge >= 0.3 is 0 Å². The molecule has 2 atom stereocenters. The Morgan fingerprint density at radius 2 is 1.77 bits per heavy atom. The zero-order chi connectivity index (χ0) is 27.6. The van der Waals surface area contributed by atoms with Crippen molar-refractivity contribution in [2.45, 2.75) is 67.8 Å². The number of rotatable bonds is 10. The van der Waals surface area contributed by atoms with Crippen molar-refractivity contribution in [1.29, 1.82) is 0 Å². The summed E-state index contributed by atoms with van der Waals surface area (Å²) < 4.78 is 24.3. The molecule has 1 saturated heterocycles. The van der Waals surface area contributed by atoms with Gasteiger partial charge in [-0.3, -0.25) is 9.59 Å². The predicted octanol–water partition coefficient (Wildman–Crippen LogP) is 3.68. The fourth-order valence-corrected chi connectivity index (χ4v) is 6.05. The third-order valence-electron chi connectivity index (χ3n) is 8.11. The van der Waals surface area contributed by atoms with E-state index >= 15 is 0 Å². The molecule has 2 aromatic carbocycles. The van der Waals surface area contributed by atoms with Crippen LogP contribution in [-0.4, -0.2) is 60.0 Å². The fourth-order valence-electron chi connectivity index (χ4n) is 5.81. The SMILES string of the molecule is O=C(CC(NC1COC1)c1ccc(Cl)cc1)NC12CCC(NC(=O)COc3ccc(Cl)c(F)c3)(CC1)[C@@H](O)C2. The molecule has 11 heteroatoms. The molecule has 3 saturated carbocycles.